The van der Waals surface area contributed by atoms with Crippen molar-refractivity contribution in [2.75, 3.05) is 56.5 Å². The standard InChI is InChI=1S/C19H26FN3O2S/c20-18-6-8-19(9-7-18)22-13-15-23(16-14-22)26(24,25)17-5-1-2-10-21-11-3-4-12-21/h6-9H,3-5,10-17H2. The van der Waals surface area contributed by atoms with Crippen LogP contribution < -0.4 is 4.90 Å². The number of sulfonamides is 1. The summed E-state index contributed by atoms with van der Waals surface area (Å²) in [4.78, 5) is 4.39. The van der Waals surface area contributed by atoms with Gasteiger partial charge in [0.1, 0.15) is 5.82 Å². The van der Waals surface area contributed by atoms with Crippen molar-refractivity contribution in [1.29, 1.82) is 0 Å². The molecule has 0 atom stereocenters. The Hall–Kier alpha value is -1.62. The molecule has 0 aliphatic carbocycles. The van der Waals surface area contributed by atoms with E-state index in [1.807, 2.05) is 0 Å². The first-order valence-electron chi connectivity index (χ1n) is 9.21. The summed E-state index contributed by atoms with van der Waals surface area (Å²) < 4.78 is 39.5. The van der Waals surface area contributed by atoms with E-state index >= 15 is 0 Å². The molecule has 26 heavy (non-hydrogen) atoms. The van der Waals surface area contributed by atoms with E-state index in [1.165, 1.54) is 25.0 Å². The van der Waals surface area contributed by atoms with Crippen LogP contribution in [0, 0.1) is 17.7 Å². The molecule has 2 aliphatic rings. The van der Waals surface area contributed by atoms with Gasteiger partial charge in [0.2, 0.25) is 10.0 Å². The molecule has 0 spiro atoms. The maximum Gasteiger partial charge on any atom is 0.215 e. The van der Waals surface area contributed by atoms with Gasteiger partial charge in [-0.2, -0.15) is 4.31 Å². The van der Waals surface area contributed by atoms with Crippen molar-refractivity contribution in [2.24, 2.45) is 0 Å². The fourth-order valence-electron chi connectivity index (χ4n) is 3.38. The third kappa shape index (κ3) is 5.19. The van der Waals surface area contributed by atoms with Gasteiger partial charge in [-0.25, -0.2) is 12.8 Å². The van der Waals surface area contributed by atoms with Gasteiger partial charge in [-0.1, -0.05) is 5.92 Å². The zero-order valence-corrected chi connectivity index (χ0v) is 15.8. The fraction of sp³-hybridized carbons (Fsp3) is 0.579. The third-order valence-electron chi connectivity index (χ3n) is 4.94. The second-order valence-electron chi connectivity index (χ2n) is 6.77. The molecular weight excluding hydrogens is 353 g/mol. The minimum atomic E-state index is -3.26. The first kappa shape index (κ1) is 19.2. The van der Waals surface area contributed by atoms with Gasteiger partial charge >= 0.3 is 0 Å². The highest BCUT2D eigenvalue weighted by molar-refractivity contribution is 7.89. The Labute approximate surface area is 155 Å². The van der Waals surface area contributed by atoms with Gasteiger partial charge in [0, 0.05) is 38.3 Å². The molecule has 0 saturated carbocycles. The molecule has 2 fully saturated rings. The maximum absolute atomic E-state index is 13.0. The molecule has 0 radical (unpaired) electrons. The number of nitrogens with zero attached hydrogens (tertiary/aromatic N) is 3. The summed E-state index contributed by atoms with van der Waals surface area (Å²) in [5.74, 6) is 5.91. The van der Waals surface area contributed by atoms with E-state index in [4.69, 9.17) is 0 Å². The van der Waals surface area contributed by atoms with Gasteiger partial charge in [-0.15, -0.1) is 5.92 Å². The molecule has 0 N–H and O–H groups in total. The summed E-state index contributed by atoms with van der Waals surface area (Å²) in [7, 11) is -3.26. The molecule has 0 amide bonds. The van der Waals surface area contributed by atoms with Crippen molar-refractivity contribution < 1.29 is 12.8 Å². The average Bonchev–Trinajstić information content (AvgIpc) is 3.16. The maximum atomic E-state index is 13.0. The molecular formula is C19H26FN3O2S. The molecule has 1 aromatic rings. The largest absolute Gasteiger partial charge is 0.369 e. The van der Waals surface area contributed by atoms with Crippen LogP contribution in [0.4, 0.5) is 10.1 Å². The Morgan fingerprint density at radius 2 is 1.58 bits per heavy atom. The van der Waals surface area contributed by atoms with Gasteiger partial charge < -0.3 is 4.90 Å². The van der Waals surface area contributed by atoms with E-state index in [9.17, 15) is 12.8 Å². The van der Waals surface area contributed by atoms with Crippen molar-refractivity contribution in [3.05, 3.63) is 30.1 Å². The Morgan fingerprint density at radius 3 is 2.23 bits per heavy atom. The normalized spacial score (nSPS) is 19.3. The lowest BCUT2D eigenvalue weighted by atomic mass is 10.2. The first-order chi connectivity index (χ1) is 12.5. The van der Waals surface area contributed by atoms with Crippen LogP contribution in [0.25, 0.3) is 0 Å². The van der Waals surface area contributed by atoms with Crippen LogP contribution in [0.15, 0.2) is 24.3 Å². The summed E-state index contributed by atoms with van der Waals surface area (Å²) in [5.41, 5.74) is 0.927. The van der Waals surface area contributed by atoms with E-state index in [0.29, 0.717) is 32.6 Å². The summed E-state index contributed by atoms with van der Waals surface area (Å²) >= 11 is 0. The van der Waals surface area contributed by atoms with E-state index < -0.39 is 10.0 Å². The number of hydrogen-bond acceptors (Lipinski definition) is 4. The number of piperazine rings is 1. The van der Waals surface area contributed by atoms with Crippen LogP contribution in [0.2, 0.25) is 0 Å². The van der Waals surface area contributed by atoms with E-state index in [1.54, 1.807) is 16.4 Å². The van der Waals surface area contributed by atoms with Crippen LogP contribution in [0.1, 0.15) is 19.3 Å². The predicted octanol–water partition coefficient (Wildman–Crippen LogP) is 1.77. The lowest BCUT2D eigenvalue weighted by Crippen LogP contribution is -2.49. The summed E-state index contributed by atoms with van der Waals surface area (Å²) in [6.45, 7) is 5.10. The lowest BCUT2D eigenvalue weighted by Gasteiger charge is -2.35. The number of anilines is 1. The molecule has 0 bridgehead atoms. The van der Waals surface area contributed by atoms with Crippen molar-refractivity contribution in [2.45, 2.75) is 19.3 Å². The molecule has 2 saturated heterocycles. The molecule has 0 unspecified atom stereocenters. The average molecular weight is 380 g/mol. The smallest absolute Gasteiger partial charge is 0.215 e. The van der Waals surface area contributed by atoms with Gasteiger partial charge in [-0.05, 0) is 50.2 Å². The Kier molecular flexibility index (Phi) is 6.52. The van der Waals surface area contributed by atoms with Crippen molar-refractivity contribution in [3.63, 3.8) is 0 Å². The summed E-state index contributed by atoms with van der Waals surface area (Å²) in [6, 6.07) is 6.32. The SMILES string of the molecule is O=S(=O)(CCC#CCN1CCCC1)N1CCN(c2ccc(F)cc2)CC1. The monoisotopic (exact) mass is 379 g/mol. The first-order valence-corrected chi connectivity index (χ1v) is 10.8. The zero-order valence-electron chi connectivity index (χ0n) is 15.0. The van der Waals surface area contributed by atoms with E-state index in [2.05, 4.69) is 21.6 Å². The number of likely N-dealkylation sites (tertiary alicyclic amines) is 1. The number of rotatable bonds is 5. The number of halogens is 1. The summed E-state index contributed by atoms with van der Waals surface area (Å²) in [6.07, 6.45) is 2.86. The molecule has 7 heteroatoms. The summed E-state index contributed by atoms with van der Waals surface area (Å²) in [5, 5.41) is 0. The Morgan fingerprint density at radius 1 is 0.923 bits per heavy atom. The van der Waals surface area contributed by atoms with E-state index in [-0.39, 0.29) is 11.6 Å². The van der Waals surface area contributed by atoms with Crippen molar-refractivity contribution >= 4 is 15.7 Å². The van der Waals surface area contributed by atoms with Crippen LogP contribution in [0.3, 0.4) is 0 Å². The minimum absolute atomic E-state index is 0.0799. The van der Waals surface area contributed by atoms with Crippen LogP contribution in [-0.2, 0) is 10.0 Å². The molecule has 3 rings (SSSR count). The van der Waals surface area contributed by atoms with Crippen LogP contribution >= 0.6 is 0 Å². The highest BCUT2D eigenvalue weighted by atomic mass is 32.2. The fourth-order valence-corrected chi connectivity index (χ4v) is 4.72. The van der Waals surface area contributed by atoms with Gasteiger partial charge in [0.15, 0.2) is 0 Å². The number of benzene rings is 1. The van der Waals surface area contributed by atoms with Gasteiger partial charge in [-0.3, -0.25) is 4.90 Å². The minimum Gasteiger partial charge on any atom is -0.369 e. The topological polar surface area (TPSA) is 43.9 Å². The van der Waals surface area contributed by atoms with Gasteiger partial charge in [0.25, 0.3) is 0 Å². The molecule has 5 nitrogen and oxygen atoms in total. The zero-order chi connectivity index (χ0) is 18.4. The van der Waals surface area contributed by atoms with Crippen LogP contribution in [-0.4, -0.2) is 69.2 Å². The van der Waals surface area contributed by atoms with Crippen molar-refractivity contribution in [1.82, 2.24) is 9.21 Å². The van der Waals surface area contributed by atoms with Crippen molar-refractivity contribution in [3.8, 4) is 11.8 Å². The quantitative estimate of drug-likeness (QED) is 0.732. The number of hydrogen-bond donors (Lipinski definition) is 0. The predicted molar refractivity (Wildman–Crippen MR) is 102 cm³/mol. The third-order valence-corrected chi connectivity index (χ3v) is 6.81. The van der Waals surface area contributed by atoms with E-state index in [0.717, 1.165) is 25.3 Å². The molecule has 2 aliphatic heterocycles. The Bertz CT molecular complexity index is 741. The molecule has 0 aromatic heterocycles. The van der Waals surface area contributed by atoms with Gasteiger partial charge in [0.05, 0.1) is 12.3 Å². The second kappa shape index (κ2) is 8.85. The molecule has 1 aromatic carbocycles. The lowest BCUT2D eigenvalue weighted by molar-refractivity contribution is 0.383. The molecule has 142 valence electrons. The molecule has 2 heterocycles. The second-order valence-corrected chi connectivity index (χ2v) is 8.85. The Balaban J connectivity index is 1.43. The van der Waals surface area contributed by atoms with Crippen LogP contribution in [0.5, 0.6) is 0 Å². The highest BCUT2D eigenvalue weighted by Crippen LogP contribution is 2.18. The highest BCUT2D eigenvalue weighted by Gasteiger charge is 2.26.